The van der Waals surface area contributed by atoms with Crippen LogP contribution in [0.5, 0.6) is 0 Å². The third-order valence-electron chi connectivity index (χ3n) is 1.68. The average Bonchev–Trinajstić information content (AvgIpc) is 1.90. The highest BCUT2D eigenvalue weighted by molar-refractivity contribution is 14.1. The van der Waals surface area contributed by atoms with Crippen molar-refractivity contribution in [1.29, 1.82) is 0 Å². The first-order valence-electron chi connectivity index (χ1n) is 3.23. The summed E-state index contributed by atoms with van der Waals surface area (Å²) in [5, 5.41) is 1.07. The highest BCUT2D eigenvalue weighted by atomic mass is 127. The second-order valence-electron chi connectivity index (χ2n) is 2.45. The molecule has 0 bridgehead atoms. The third kappa shape index (κ3) is 2.46. The SMILES string of the molecule is ClC1=CCC(CI)CC1. The van der Waals surface area contributed by atoms with Gasteiger partial charge in [0.1, 0.15) is 0 Å². The fourth-order valence-corrected chi connectivity index (χ4v) is 1.99. The number of hydrogen-bond donors (Lipinski definition) is 0. The number of hydrogen-bond acceptors (Lipinski definition) is 0. The fourth-order valence-electron chi connectivity index (χ4n) is 0.997. The maximum Gasteiger partial charge on any atom is 0.0141 e. The Bertz CT molecular complexity index is 120. The predicted molar refractivity (Wildman–Crippen MR) is 50.2 cm³/mol. The van der Waals surface area contributed by atoms with Crippen LogP contribution in [0, 0.1) is 5.92 Å². The summed E-state index contributed by atoms with van der Waals surface area (Å²) in [4.78, 5) is 0. The summed E-state index contributed by atoms with van der Waals surface area (Å²) in [5.74, 6) is 0.896. The second-order valence-corrected chi connectivity index (χ2v) is 3.81. The van der Waals surface area contributed by atoms with Gasteiger partial charge in [0.15, 0.2) is 0 Å². The molecular weight excluding hydrogens is 246 g/mol. The first-order chi connectivity index (χ1) is 4.33. The Hall–Kier alpha value is 0.760. The van der Waals surface area contributed by atoms with Crippen LogP contribution in [0.2, 0.25) is 0 Å². The smallest absolute Gasteiger partial charge is 0.0141 e. The van der Waals surface area contributed by atoms with E-state index in [1.807, 2.05) is 0 Å². The molecule has 0 saturated heterocycles. The zero-order valence-corrected chi connectivity index (χ0v) is 8.15. The Labute approximate surface area is 74.8 Å². The summed E-state index contributed by atoms with van der Waals surface area (Å²) in [6.07, 6.45) is 5.75. The molecule has 0 aromatic carbocycles. The summed E-state index contributed by atoms with van der Waals surface area (Å²) >= 11 is 8.24. The molecule has 0 saturated carbocycles. The zero-order chi connectivity index (χ0) is 6.69. The Morgan fingerprint density at radius 2 is 2.56 bits per heavy atom. The molecule has 1 unspecified atom stereocenters. The first-order valence-corrected chi connectivity index (χ1v) is 5.14. The minimum Gasteiger partial charge on any atom is -0.0895 e. The second kappa shape index (κ2) is 3.81. The molecule has 1 aliphatic carbocycles. The number of allylic oxidation sites excluding steroid dienone is 2. The molecule has 0 heterocycles. The maximum atomic E-state index is 5.80. The normalized spacial score (nSPS) is 27.8. The molecule has 0 nitrogen and oxygen atoms in total. The molecule has 1 atom stereocenters. The Kier molecular flexibility index (Phi) is 3.33. The summed E-state index contributed by atoms with van der Waals surface area (Å²) in [5.41, 5.74) is 0. The van der Waals surface area contributed by atoms with E-state index in [1.54, 1.807) is 0 Å². The van der Waals surface area contributed by atoms with E-state index in [-0.39, 0.29) is 0 Å². The lowest BCUT2D eigenvalue weighted by molar-refractivity contribution is 0.538. The van der Waals surface area contributed by atoms with Crippen molar-refractivity contribution >= 4 is 34.2 Å². The quantitative estimate of drug-likeness (QED) is 0.499. The third-order valence-corrected chi connectivity index (χ3v) is 3.27. The molecule has 0 radical (unpaired) electrons. The van der Waals surface area contributed by atoms with Crippen molar-refractivity contribution in [1.82, 2.24) is 0 Å². The molecule has 2 heteroatoms. The van der Waals surface area contributed by atoms with E-state index >= 15 is 0 Å². The monoisotopic (exact) mass is 256 g/mol. The zero-order valence-electron chi connectivity index (χ0n) is 5.24. The van der Waals surface area contributed by atoms with Gasteiger partial charge in [-0.25, -0.2) is 0 Å². The molecule has 1 aliphatic rings. The van der Waals surface area contributed by atoms with Crippen LogP contribution >= 0.6 is 34.2 Å². The van der Waals surface area contributed by atoms with Crippen LogP contribution in [0.15, 0.2) is 11.1 Å². The van der Waals surface area contributed by atoms with Crippen LogP contribution in [0.4, 0.5) is 0 Å². The predicted octanol–water partition coefficient (Wildman–Crippen LogP) is 3.34. The van der Waals surface area contributed by atoms with E-state index < -0.39 is 0 Å². The van der Waals surface area contributed by atoms with E-state index in [0.29, 0.717) is 0 Å². The maximum absolute atomic E-state index is 5.80. The van der Waals surface area contributed by atoms with Crippen molar-refractivity contribution in [2.45, 2.75) is 19.3 Å². The van der Waals surface area contributed by atoms with Gasteiger partial charge in [-0.05, 0) is 25.2 Å². The standard InChI is InChI=1S/C7H10ClI/c8-7-3-1-6(5-9)2-4-7/h3,6H,1-2,4-5H2. The summed E-state index contributed by atoms with van der Waals surface area (Å²) in [7, 11) is 0. The van der Waals surface area contributed by atoms with E-state index in [9.17, 15) is 0 Å². The molecule has 9 heavy (non-hydrogen) atoms. The van der Waals surface area contributed by atoms with Crippen LogP contribution in [0.1, 0.15) is 19.3 Å². The highest BCUT2D eigenvalue weighted by Crippen LogP contribution is 2.26. The minimum absolute atomic E-state index is 0.896. The van der Waals surface area contributed by atoms with E-state index in [1.165, 1.54) is 17.3 Å². The van der Waals surface area contributed by atoms with Gasteiger partial charge in [-0.3, -0.25) is 0 Å². The van der Waals surface area contributed by atoms with Gasteiger partial charge in [0.05, 0.1) is 0 Å². The van der Waals surface area contributed by atoms with Gasteiger partial charge in [-0.2, -0.15) is 0 Å². The Morgan fingerprint density at radius 1 is 1.78 bits per heavy atom. The molecule has 52 valence electrons. The fraction of sp³-hybridized carbons (Fsp3) is 0.714. The molecule has 0 aromatic rings. The lowest BCUT2D eigenvalue weighted by Crippen LogP contribution is -2.04. The highest BCUT2D eigenvalue weighted by Gasteiger charge is 2.10. The van der Waals surface area contributed by atoms with Crippen molar-refractivity contribution < 1.29 is 0 Å². The van der Waals surface area contributed by atoms with Crippen LogP contribution < -0.4 is 0 Å². The van der Waals surface area contributed by atoms with Crippen LogP contribution in [0.3, 0.4) is 0 Å². The van der Waals surface area contributed by atoms with Crippen molar-refractivity contribution in [2.75, 3.05) is 4.43 Å². The molecule has 0 spiro atoms. The summed E-state index contributed by atoms with van der Waals surface area (Å²) < 4.78 is 1.28. The van der Waals surface area contributed by atoms with Crippen molar-refractivity contribution in [3.63, 3.8) is 0 Å². The van der Waals surface area contributed by atoms with Gasteiger partial charge in [0.25, 0.3) is 0 Å². The molecule has 0 N–H and O–H groups in total. The number of halogens is 2. The molecular formula is C7H10ClI. The lowest BCUT2D eigenvalue weighted by Gasteiger charge is -2.15. The molecule has 0 aliphatic heterocycles. The summed E-state index contributed by atoms with van der Waals surface area (Å²) in [6, 6.07) is 0. The van der Waals surface area contributed by atoms with Crippen molar-refractivity contribution in [3.8, 4) is 0 Å². The molecule has 0 fully saturated rings. The molecule has 0 aromatic heterocycles. The summed E-state index contributed by atoms with van der Waals surface area (Å²) in [6.45, 7) is 0. The average molecular weight is 257 g/mol. The number of alkyl halides is 1. The van der Waals surface area contributed by atoms with Crippen LogP contribution in [0.25, 0.3) is 0 Å². The van der Waals surface area contributed by atoms with Crippen LogP contribution in [-0.2, 0) is 0 Å². The molecule has 1 rings (SSSR count). The molecule has 0 amide bonds. The minimum atomic E-state index is 0.896. The van der Waals surface area contributed by atoms with Crippen molar-refractivity contribution in [3.05, 3.63) is 11.1 Å². The largest absolute Gasteiger partial charge is 0.0895 e. The lowest BCUT2D eigenvalue weighted by atomic mass is 9.96. The van der Waals surface area contributed by atoms with Gasteiger partial charge >= 0.3 is 0 Å². The van der Waals surface area contributed by atoms with Gasteiger partial charge in [-0.15, -0.1) is 0 Å². The van der Waals surface area contributed by atoms with Crippen molar-refractivity contribution in [2.24, 2.45) is 5.92 Å². The first kappa shape index (κ1) is 7.86. The van der Waals surface area contributed by atoms with E-state index in [4.69, 9.17) is 11.6 Å². The van der Waals surface area contributed by atoms with Gasteiger partial charge < -0.3 is 0 Å². The topological polar surface area (TPSA) is 0 Å². The Balaban J connectivity index is 2.36. The van der Waals surface area contributed by atoms with Gasteiger partial charge in [0, 0.05) is 9.46 Å². The van der Waals surface area contributed by atoms with Crippen LogP contribution in [-0.4, -0.2) is 4.43 Å². The van der Waals surface area contributed by atoms with E-state index in [2.05, 4.69) is 28.7 Å². The number of rotatable bonds is 1. The van der Waals surface area contributed by atoms with E-state index in [0.717, 1.165) is 17.4 Å². The van der Waals surface area contributed by atoms with Gasteiger partial charge in [0.2, 0.25) is 0 Å². The van der Waals surface area contributed by atoms with Gasteiger partial charge in [-0.1, -0.05) is 40.3 Å². The Morgan fingerprint density at radius 3 is 3.00 bits per heavy atom.